The predicted molar refractivity (Wildman–Crippen MR) is 117 cm³/mol. The van der Waals surface area contributed by atoms with Crippen molar-refractivity contribution < 1.29 is 18.9 Å². The number of hydrogen-bond acceptors (Lipinski definition) is 5. The molecule has 0 saturated carbocycles. The molecular weight excluding hydrogens is 397 g/mol. The Labute approximate surface area is 182 Å². The number of hydroxylamine groups is 2. The Kier molecular flexibility index (Phi) is 5.71. The molecule has 7 heteroatoms. The van der Waals surface area contributed by atoms with Crippen LogP contribution in [0, 0.1) is 5.82 Å². The highest BCUT2D eigenvalue weighted by Crippen LogP contribution is 2.36. The Hall–Kier alpha value is -2.93. The molecule has 2 heterocycles. The molecule has 0 unspecified atom stereocenters. The smallest absolute Gasteiger partial charge is 0.388 e. The molecule has 31 heavy (non-hydrogen) atoms. The van der Waals surface area contributed by atoms with E-state index >= 15 is 0 Å². The van der Waals surface area contributed by atoms with E-state index in [-0.39, 0.29) is 16.7 Å². The van der Waals surface area contributed by atoms with Crippen LogP contribution in [-0.2, 0) is 15.1 Å². The van der Waals surface area contributed by atoms with E-state index in [0.29, 0.717) is 25.9 Å². The van der Waals surface area contributed by atoms with Crippen LogP contribution in [0.5, 0.6) is 0 Å². The van der Waals surface area contributed by atoms with Gasteiger partial charge in [0.2, 0.25) is 0 Å². The predicted octanol–water partition coefficient (Wildman–Crippen LogP) is 5.25. The van der Waals surface area contributed by atoms with Crippen molar-refractivity contribution in [3.8, 4) is 0 Å². The van der Waals surface area contributed by atoms with E-state index in [1.807, 2.05) is 0 Å². The monoisotopic (exact) mass is 425 g/mol. The van der Waals surface area contributed by atoms with Crippen molar-refractivity contribution in [2.75, 3.05) is 18.4 Å². The van der Waals surface area contributed by atoms with E-state index in [1.165, 1.54) is 17.7 Å². The Morgan fingerprint density at radius 2 is 1.81 bits per heavy atom. The van der Waals surface area contributed by atoms with Gasteiger partial charge in [0, 0.05) is 32.4 Å². The maximum Gasteiger partial charge on any atom is 0.430 e. The number of carbonyl (C=O) groups excluding carboxylic acids is 1. The van der Waals surface area contributed by atoms with Crippen LogP contribution in [0.2, 0.25) is 0 Å². The molecule has 1 fully saturated rings. The van der Waals surface area contributed by atoms with Gasteiger partial charge in [-0.2, -0.15) is 0 Å². The van der Waals surface area contributed by atoms with Crippen molar-refractivity contribution in [3.63, 3.8) is 0 Å². The second kappa shape index (κ2) is 8.30. The summed E-state index contributed by atoms with van der Waals surface area (Å²) in [4.78, 5) is 23.3. The fourth-order valence-electron chi connectivity index (χ4n) is 3.90. The van der Waals surface area contributed by atoms with Crippen LogP contribution in [0.1, 0.15) is 51.2 Å². The molecule has 2 aliphatic heterocycles. The summed E-state index contributed by atoms with van der Waals surface area (Å²) in [5.41, 5.74) is 3.15. The molecule has 164 valence electrons. The summed E-state index contributed by atoms with van der Waals surface area (Å²) in [6, 6.07) is 14.5. The zero-order chi connectivity index (χ0) is 22.1. The minimum Gasteiger partial charge on any atom is -0.388 e. The van der Waals surface area contributed by atoms with Gasteiger partial charge in [0.15, 0.2) is 0 Å². The van der Waals surface area contributed by atoms with Crippen molar-refractivity contribution in [2.24, 2.45) is 5.16 Å². The van der Waals surface area contributed by atoms with Crippen molar-refractivity contribution in [1.29, 1.82) is 0 Å². The number of oxime groups is 1. The standard InChI is InChI=1S/C24H28FN3O3/c1-23(2,3)18-10-8-17(9-11-18)21-16-24(31-27-21)12-14-28(15-13-24)30-22(29)26-20-7-5-4-6-19(20)25/h4-11H,12-16H2,1-3H3,(H,26,29). The molecule has 0 radical (unpaired) electrons. The molecule has 2 aromatic rings. The van der Waals surface area contributed by atoms with Crippen LogP contribution in [0.15, 0.2) is 53.7 Å². The van der Waals surface area contributed by atoms with Crippen LogP contribution >= 0.6 is 0 Å². The van der Waals surface area contributed by atoms with Crippen molar-refractivity contribution in [3.05, 3.63) is 65.5 Å². The van der Waals surface area contributed by atoms with E-state index in [0.717, 1.165) is 17.7 Å². The third-order valence-electron chi connectivity index (χ3n) is 5.88. The van der Waals surface area contributed by atoms with E-state index in [1.54, 1.807) is 17.2 Å². The Bertz CT molecular complexity index is 974. The number of nitrogens with zero attached hydrogens (tertiary/aromatic N) is 2. The first-order valence-corrected chi connectivity index (χ1v) is 10.6. The number of rotatable bonds is 3. The minimum atomic E-state index is -0.704. The van der Waals surface area contributed by atoms with Gasteiger partial charge in [0.25, 0.3) is 0 Å². The molecule has 2 aliphatic rings. The fraction of sp³-hybridized carbons (Fsp3) is 0.417. The number of amides is 1. The summed E-state index contributed by atoms with van der Waals surface area (Å²) in [5.74, 6) is -0.503. The molecule has 6 nitrogen and oxygen atoms in total. The lowest BCUT2D eigenvalue weighted by Crippen LogP contribution is -2.45. The van der Waals surface area contributed by atoms with E-state index in [9.17, 15) is 9.18 Å². The second-order valence-corrected chi connectivity index (χ2v) is 9.23. The van der Waals surface area contributed by atoms with Crippen LogP contribution in [0.25, 0.3) is 0 Å². The summed E-state index contributed by atoms with van der Waals surface area (Å²) in [6.45, 7) is 7.63. The summed E-state index contributed by atoms with van der Waals surface area (Å²) >= 11 is 0. The number of carbonyl (C=O) groups is 1. The van der Waals surface area contributed by atoms with Gasteiger partial charge in [-0.15, -0.1) is 5.06 Å². The molecule has 0 bridgehead atoms. The lowest BCUT2D eigenvalue weighted by Gasteiger charge is -2.35. The first kappa shape index (κ1) is 21.3. The van der Waals surface area contributed by atoms with Crippen molar-refractivity contribution in [2.45, 2.75) is 51.0 Å². The minimum absolute atomic E-state index is 0.0932. The molecule has 1 N–H and O–H groups in total. The number of nitrogens with one attached hydrogen (secondary N) is 1. The average Bonchev–Trinajstić information content (AvgIpc) is 3.15. The molecule has 1 amide bonds. The van der Waals surface area contributed by atoms with Crippen molar-refractivity contribution in [1.82, 2.24) is 5.06 Å². The maximum absolute atomic E-state index is 13.7. The van der Waals surface area contributed by atoms with Crippen LogP contribution in [0.4, 0.5) is 14.9 Å². The van der Waals surface area contributed by atoms with Gasteiger partial charge in [-0.3, -0.25) is 5.32 Å². The summed E-state index contributed by atoms with van der Waals surface area (Å²) < 4.78 is 13.7. The molecule has 0 aliphatic carbocycles. The number of benzene rings is 2. The normalized spacial score (nSPS) is 18.4. The first-order chi connectivity index (χ1) is 14.7. The maximum atomic E-state index is 13.7. The molecule has 1 saturated heterocycles. The molecular formula is C24H28FN3O3. The lowest BCUT2D eigenvalue weighted by molar-refractivity contribution is -0.154. The Balaban J connectivity index is 1.29. The summed E-state index contributed by atoms with van der Waals surface area (Å²) in [6.07, 6.45) is 1.40. The quantitative estimate of drug-likeness (QED) is 0.730. The van der Waals surface area contributed by atoms with Crippen molar-refractivity contribution >= 4 is 17.5 Å². The molecule has 1 spiro atoms. The van der Waals surface area contributed by atoms with Gasteiger partial charge in [-0.25, -0.2) is 9.18 Å². The largest absolute Gasteiger partial charge is 0.430 e. The van der Waals surface area contributed by atoms with Gasteiger partial charge in [-0.1, -0.05) is 62.3 Å². The number of hydrogen-bond donors (Lipinski definition) is 1. The topological polar surface area (TPSA) is 63.2 Å². The SMILES string of the molecule is CC(C)(C)c1ccc(C2=NOC3(CCN(OC(=O)Nc4ccccc4F)CC3)C2)cc1. The third kappa shape index (κ3) is 4.88. The first-order valence-electron chi connectivity index (χ1n) is 10.6. The van der Waals surface area contributed by atoms with Gasteiger partial charge in [-0.05, 0) is 28.7 Å². The van der Waals surface area contributed by atoms with Gasteiger partial charge in [0.05, 0.1) is 11.4 Å². The number of para-hydroxylation sites is 1. The lowest BCUT2D eigenvalue weighted by atomic mass is 9.84. The van der Waals surface area contributed by atoms with Gasteiger partial charge >= 0.3 is 6.09 Å². The highest BCUT2D eigenvalue weighted by atomic mass is 19.1. The average molecular weight is 426 g/mol. The molecule has 0 aromatic heterocycles. The number of piperidine rings is 1. The van der Waals surface area contributed by atoms with E-state index in [4.69, 9.17) is 9.68 Å². The van der Waals surface area contributed by atoms with Crippen LogP contribution in [0.3, 0.4) is 0 Å². The zero-order valence-electron chi connectivity index (χ0n) is 18.2. The zero-order valence-corrected chi connectivity index (χ0v) is 18.2. The second-order valence-electron chi connectivity index (χ2n) is 9.23. The number of halogens is 1. The van der Waals surface area contributed by atoms with Crippen LogP contribution < -0.4 is 5.32 Å². The van der Waals surface area contributed by atoms with E-state index < -0.39 is 11.9 Å². The molecule has 4 rings (SSSR count). The van der Waals surface area contributed by atoms with Gasteiger partial charge in [0.1, 0.15) is 11.4 Å². The summed E-state index contributed by atoms with van der Waals surface area (Å²) in [7, 11) is 0. The highest BCUT2D eigenvalue weighted by molar-refractivity contribution is 6.01. The third-order valence-corrected chi connectivity index (χ3v) is 5.88. The summed E-state index contributed by atoms with van der Waals surface area (Å²) in [5, 5.41) is 8.38. The Morgan fingerprint density at radius 1 is 1.13 bits per heavy atom. The van der Waals surface area contributed by atoms with Crippen LogP contribution in [-0.4, -0.2) is 35.6 Å². The fourth-order valence-corrected chi connectivity index (χ4v) is 3.90. The Morgan fingerprint density at radius 3 is 2.45 bits per heavy atom. The van der Waals surface area contributed by atoms with Gasteiger partial charge < -0.3 is 9.68 Å². The highest BCUT2D eigenvalue weighted by Gasteiger charge is 2.43. The van der Waals surface area contributed by atoms with E-state index in [2.05, 4.69) is 55.5 Å². The number of anilines is 1. The molecule has 2 aromatic carbocycles. The molecule has 0 atom stereocenters.